The summed E-state index contributed by atoms with van der Waals surface area (Å²) < 4.78 is 10.3. The molecule has 2 aliphatic rings. The lowest BCUT2D eigenvalue weighted by Crippen LogP contribution is -2.27. The second-order valence-electron chi connectivity index (χ2n) is 11.0. The van der Waals surface area contributed by atoms with Crippen molar-refractivity contribution in [2.45, 2.75) is 124 Å². The molecule has 0 bridgehead atoms. The van der Waals surface area contributed by atoms with Gasteiger partial charge in [0, 0.05) is 0 Å². The minimum absolute atomic E-state index is 0.160. The minimum atomic E-state index is -0.347. The van der Waals surface area contributed by atoms with Gasteiger partial charge in [0.2, 0.25) is 0 Å². The number of carbonyl (C=O) groups is 2. The van der Waals surface area contributed by atoms with E-state index in [2.05, 4.69) is 13.8 Å². The third kappa shape index (κ3) is 10.4. The van der Waals surface area contributed by atoms with E-state index in [-0.39, 0.29) is 24.3 Å². The van der Waals surface area contributed by atoms with Crippen LogP contribution in [0.4, 0.5) is 0 Å². The summed E-state index contributed by atoms with van der Waals surface area (Å²) in [4.78, 5) is 24.4. The molecule has 4 nitrogen and oxygen atoms in total. The van der Waals surface area contributed by atoms with E-state index in [1.807, 2.05) is 6.92 Å². The van der Waals surface area contributed by atoms with E-state index in [9.17, 15) is 9.59 Å². The molecule has 2 rings (SSSR count). The number of hydrogen-bond donors (Lipinski definition) is 0. The van der Waals surface area contributed by atoms with Crippen LogP contribution >= 0.6 is 0 Å². The quantitative estimate of drug-likeness (QED) is 0.247. The van der Waals surface area contributed by atoms with E-state index in [4.69, 9.17) is 9.47 Å². The number of rotatable bonds is 14. The highest BCUT2D eigenvalue weighted by molar-refractivity contribution is 5.79. The number of carbonyl (C=O) groups excluding carboxylic acids is 2. The predicted molar refractivity (Wildman–Crippen MR) is 135 cm³/mol. The summed E-state index contributed by atoms with van der Waals surface area (Å²) >= 11 is 0. The van der Waals surface area contributed by atoms with Crippen LogP contribution in [0.5, 0.6) is 0 Å². The Kier molecular flexibility index (Phi) is 13.5. The summed E-state index contributed by atoms with van der Waals surface area (Å²) in [6.07, 6.45) is 18.7. The zero-order valence-corrected chi connectivity index (χ0v) is 22.1. The topological polar surface area (TPSA) is 52.6 Å². The third-order valence-corrected chi connectivity index (χ3v) is 8.50. The van der Waals surface area contributed by atoms with Crippen molar-refractivity contribution >= 4 is 11.9 Å². The molecule has 0 radical (unpaired) electrons. The van der Waals surface area contributed by atoms with E-state index in [0.717, 1.165) is 30.1 Å². The van der Waals surface area contributed by atoms with Crippen molar-refractivity contribution in [3.8, 4) is 0 Å². The van der Waals surface area contributed by atoms with Crippen LogP contribution in [0.15, 0.2) is 0 Å². The highest BCUT2D eigenvalue weighted by Gasteiger charge is 2.31. The first-order valence-electron chi connectivity index (χ1n) is 14.3. The van der Waals surface area contributed by atoms with Gasteiger partial charge in [-0.25, -0.2) is 0 Å². The van der Waals surface area contributed by atoms with Crippen LogP contribution in [-0.4, -0.2) is 25.2 Å². The predicted octanol–water partition coefficient (Wildman–Crippen LogP) is 7.73. The van der Waals surface area contributed by atoms with E-state index in [0.29, 0.717) is 19.1 Å². The lowest BCUT2D eigenvalue weighted by atomic mass is 9.71. The number of esters is 2. The molecule has 0 aromatic rings. The Morgan fingerprint density at radius 3 is 1.73 bits per heavy atom. The van der Waals surface area contributed by atoms with Crippen LogP contribution < -0.4 is 0 Å². The lowest BCUT2D eigenvalue weighted by molar-refractivity contribution is -0.155. The Morgan fingerprint density at radius 1 is 0.727 bits per heavy atom. The summed E-state index contributed by atoms with van der Waals surface area (Å²) in [5.41, 5.74) is 0. The molecule has 192 valence electrons. The van der Waals surface area contributed by atoms with Gasteiger partial charge in [-0.2, -0.15) is 0 Å². The van der Waals surface area contributed by atoms with Crippen LogP contribution in [0.2, 0.25) is 0 Å². The van der Waals surface area contributed by atoms with Gasteiger partial charge in [-0.1, -0.05) is 84.5 Å². The number of ether oxygens (including phenoxy) is 2. The van der Waals surface area contributed by atoms with Crippen molar-refractivity contribution in [3.63, 3.8) is 0 Å². The first-order chi connectivity index (χ1) is 16.0. The molecule has 0 aliphatic heterocycles. The fourth-order valence-corrected chi connectivity index (χ4v) is 6.59. The van der Waals surface area contributed by atoms with Gasteiger partial charge < -0.3 is 9.47 Å². The summed E-state index contributed by atoms with van der Waals surface area (Å²) in [7, 11) is 0. The zero-order chi connectivity index (χ0) is 24.1. The smallest absolute Gasteiger partial charge is 0.309 e. The summed E-state index contributed by atoms with van der Waals surface area (Å²) in [6.45, 7) is 9.05. The molecule has 0 heterocycles. The highest BCUT2D eigenvalue weighted by atomic mass is 16.5. The average molecular weight is 465 g/mol. The molecular formula is C29H52O4. The first kappa shape index (κ1) is 28.2. The molecule has 2 fully saturated rings. The standard InChI is InChI=1S/C29H52O4/c1-5-9-22(6-2)18-23-10-12-24(13-11-23)19-25-14-16-26(17-15-25)20-27(29(31)33-8-4)21-28(30)32-7-3/h22-27H,5-21H2,1-4H3. The minimum Gasteiger partial charge on any atom is -0.466 e. The van der Waals surface area contributed by atoms with Crippen molar-refractivity contribution in [2.75, 3.05) is 13.2 Å². The fourth-order valence-electron chi connectivity index (χ4n) is 6.59. The molecule has 0 aromatic carbocycles. The zero-order valence-electron chi connectivity index (χ0n) is 22.1. The van der Waals surface area contributed by atoms with Gasteiger partial charge in [-0.3, -0.25) is 9.59 Å². The SMILES string of the molecule is CCCC(CC)CC1CCC(CC2CCC(CC(CC(=O)OCC)C(=O)OCC)CC2)CC1. The maximum absolute atomic E-state index is 12.4. The van der Waals surface area contributed by atoms with Gasteiger partial charge in [0.1, 0.15) is 0 Å². The van der Waals surface area contributed by atoms with Gasteiger partial charge in [0.05, 0.1) is 25.6 Å². The van der Waals surface area contributed by atoms with Crippen molar-refractivity contribution < 1.29 is 19.1 Å². The van der Waals surface area contributed by atoms with Crippen molar-refractivity contribution in [1.82, 2.24) is 0 Å². The highest BCUT2D eigenvalue weighted by Crippen LogP contribution is 2.41. The Labute approximate surface area is 203 Å². The van der Waals surface area contributed by atoms with Crippen molar-refractivity contribution in [1.29, 1.82) is 0 Å². The molecule has 0 spiro atoms. The normalized spacial score (nSPS) is 27.5. The molecule has 4 heteroatoms. The summed E-state index contributed by atoms with van der Waals surface area (Å²) in [6, 6.07) is 0. The van der Waals surface area contributed by atoms with Crippen molar-refractivity contribution in [3.05, 3.63) is 0 Å². The molecule has 2 aliphatic carbocycles. The van der Waals surface area contributed by atoms with Gasteiger partial charge in [-0.15, -0.1) is 0 Å². The van der Waals surface area contributed by atoms with Gasteiger partial charge in [0.15, 0.2) is 0 Å². The molecule has 2 atom stereocenters. The number of hydrogen-bond acceptors (Lipinski definition) is 4. The third-order valence-electron chi connectivity index (χ3n) is 8.50. The van der Waals surface area contributed by atoms with Crippen molar-refractivity contribution in [2.24, 2.45) is 35.5 Å². The fraction of sp³-hybridized carbons (Fsp3) is 0.931. The van der Waals surface area contributed by atoms with E-state index in [1.54, 1.807) is 6.92 Å². The molecule has 2 unspecified atom stereocenters. The first-order valence-corrected chi connectivity index (χ1v) is 14.3. The van der Waals surface area contributed by atoms with Crippen LogP contribution in [0, 0.1) is 35.5 Å². The van der Waals surface area contributed by atoms with Crippen LogP contribution in [-0.2, 0) is 19.1 Å². The average Bonchev–Trinajstić information content (AvgIpc) is 2.81. The maximum atomic E-state index is 12.4. The monoisotopic (exact) mass is 464 g/mol. The van der Waals surface area contributed by atoms with Gasteiger partial charge in [0.25, 0.3) is 0 Å². The molecule has 0 aromatic heterocycles. The van der Waals surface area contributed by atoms with E-state index < -0.39 is 0 Å². The molecule has 0 amide bonds. The van der Waals surface area contributed by atoms with Gasteiger partial charge >= 0.3 is 11.9 Å². The molecule has 0 saturated heterocycles. The van der Waals surface area contributed by atoms with E-state index in [1.165, 1.54) is 83.5 Å². The second-order valence-corrected chi connectivity index (χ2v) is 11.0. The Balaban J connectivity index is 1.71. The van der Waals surface area contributed by atoms with E-state index >= 15 is 0 Å². The molecular weight excluding hydrogens is 412 g/mol. The van der Waals surface area contributed by atoms with Crippen LogP contribution in [0.1, 0.15) is 124 Å². The molecule has 2 saturated carbocycles. The second kappa shape index (κ2) is 15.8. The maximum Gasteiger partial charge on any atom is 0.309 e. The Morgan fingerprint density at radius 2 is 1.24 bits per heavy atom. The summed E-state index contributed by atoms with van der Waals surface area (Å²) in [5, 5.41) is 0. The summed E-state index contributed by atoms with van der Waals surface area (Å²) in [5.74, 6) is 3.41. The van der Waals surface area contributed by atoms with Crippen LogP contribution in [0.25, 0.3) is 0 Å². The van der Waals surface area contributed by atoms with Gasteiger partial charge in [-0.05, 0) is 62.7 Å². The largest absolute Gasteiger partial charge is 0.466 e. The molecule has 0 N–H and O–H groups in total. The Hall–Kier alpha value is -1.06. The van der Waals surface area contributed by atoms with Crippen LogP contribution in [0.3, 0.4) is 0 Å². The lowest BCUT2D eigenvalue weighted by Gasteiger charge is -2.35. The Bertz CT molecular complexity index is 544. The molecule has 33 heavy (non-hydrogen) atoms.